The molecular weight excluding hydrogens is 180 g/mol. The molecule has 0 aromatic carbocycles. The van der Waals surface area contributed by atoms with Gasteiger partial charge in [0.2, 0.25) is 0 Å². The normalized spacial score (nSPS) is 15.1. The number of allylic oxidation sites excluding steroid dienone is 1. The molecule has 0 unspecified atom stereocenters. The number of ether oxygens (including phenoxy) is 1. The molecule has 3 nitrogen and oxygen atoms in total. The second-order valence-electron chi connectivity index (χ2n) is 3.04. The molecule has 0 saturated carbocycles. The van der Waals surface area contributed by atoms with Crippen molar-refractivity contribution in [3.05, 3.63) is 12.2 Å². The first-order chi connectivity index (χ1) is 6.66. The van der Waals surface area contributed by atoms with Crippen LogP contribution in [0.5, 0.6) is 0 Å². The topological polar surface area (TPSA) is 43.4 Å². The van der Waals surface area contributed by atoms with Gasteiger partial charge in [-0.05, 0) is 19.8 Å². The van der Waals surface area contributed by atoms with Gasteiger partial charge in [0.15, 0.2) is 0 Å². The fourth-order valence-electron chi connectivity index (χ4n) is 1.09. The van der Waals surface area contributed by atoms with Gasteiger partial charge in [-0.15, -0.1) is 0 Å². The Balaban J connectivity index is 4.76. The Morgan fingerprint density at radius 1 is 1.36 bits per heavy atom. The molecule has 3 heteroatoms. The smallest absolute Gasteiger partial charge is 0.323 e. The lowest BCUT2D eigenvalue weighted by Gasteiger charge is -2.19. The Hall–Kier alpha value is -1.12. The van der Waals surface area contributed by atoms with Gasteiger partial charge in [-0.2, -0.15) is 0 Å². The lowest BCUT2D eigenvalue weighted by atomic mass is 9.86. The molecule has 0 spiro atoms. The number of hydrogen-bond donors (Lipinski definition) is 0. The average molecular weight is 198 g/mol. The molecule has 0 aliphatic heterocycles. The summed E-state index contributed by atoms with van der Waals surface area (Å²) < 4.78 is 4.86. The van der Waals surface area contributed by atoms with E-state index in [2.05, 4.69) is 0 Å². The molecule has 0 aromatic heterocycles. The molecule has 14 heavy (non-hydrogen) atoms. The van der Waals surface area contributed by atoms with Gasteiger partial charge in [0.05, 0.1) is 6.61 Å². The summed E-state index contributed by atoms with van der Waals surface area (Å²) in [5.41, 5.74) is -1.08. The van der Waals surface area contributed by atoms with Crippen LogP contribution in [0.25, 0.3) is 0 Å². The van der Waals surface area contributed by atoms with Gasteiger partial charge in [0.1, 0.15) is 11.7 Å². The summed E-state index contributed by atoms with van der Waals surface area (Å²) in [6.45, 7) is 5.78. The summed E-state index contributed by atoms with van der Waals surface area (Å²) in [6, 6.07) is 0. The quantitative estimate of drug-likeness (QED) is 0.284. The summed E-state index contributed by atoms with van der Waals surface area (Å²) in [6.07, 6.45) is 5.35. The minimum Gasteiger partial charge on any atom is -0.465 e. The third-order valence-electron chi connectivity index (χ3n) is 2.10. The monoisotopic (exact) mass is 198 g/mol. The number of hydrogen-bond acceptors (Lipinski definition) is 3. The first kappa shape index (κ1) is 12.9. The van der Waals surface area contributed by atoms with Crippen LogP contribution in [0.1, 0.15) is 33.6 Å². The average Bonchev–Trinajstić information content (AvgIpc) is 2.21. The molecule has 80 valence electrons. The van der Waals surface area contributed by atoms with Crippen molar-refractivity contribution < 1.29 is 14.3 Å². The van der Waals surface area contributed by atoms with Gasteiger partial charge in [0.25, 0.3) is 0 Å². The van der Waals surface area contributed by atoms with E-state index in [1.807, 2.05) is 13.0 Å². The van der Waals surface area contributed by atoms with E-state index in [-0.39, 0.29) is 0 Å². The van der Waals surface area contributed by atoms with E-state index in [0.29, 0.717) is 19.3 Å². The Morgan fingerprint density at radius 3 is 2.36 bits per heavy atom. The first-order valence-electron chi connectivity index (χ1n) is 4.98. The summed E-state index contributed by atoms with van der Waals surface area (Å²) in [4.78, 5) is 22.5. The SMILES string of the molecule is CCC=C[C@@](C=O)(CC)C(=O)OCC. The fourth-order valence-corrected chi connectivity index (χ4v) is 1.09. The molecule has 0 aliphatic rings. The highest BCUT2D eigenvalue weighted by atomic mass is 16.5. The minimum atomic E-state index is -1.08. The van der Waals surface area contributed by atoms with Crippen LogP contribution >= 0.6 is 0 Å². The molecule has 0 bridgehead atoms. The molecule has 0 N–H and O–H groups in total. The standard InChI is InChI=1S/C11H18O3/c1-4-7-8-11(5-2,9-12)10(13)14-6-3/h7-9H,4-6H2,1-3H3/t11-/m1/s1. The van der Waals surface area contributed by atoms with Crippen LogP contribution < -0.4 is 0 Å². The van der Waals surface area contributed by atoms with Crippen molar-refractivity contribution in [1.29, 1.82) is 0 Å². The Kier molecular flexibility index (Phi) is 5.84. The maximum atomic E-state index is 11.5. The highest BCUT2D eigenvalue weighted by molar-refractivity contribution is 5.95. The highest BCUT2D eigenvalue weighted by Gasteiger charge is 2.35. The molecule has 0 aromatic rings. The predicted octanol–water partition coefficient (Wildman–Crippen LogP) is 2.11. The summed E-state index contributed by atoms with van der Waals surface area (Å²) in [5.74, 6) is -0.456. The van der Waals surface area contributed by atoms with E-state index in [9.17, 15) is 9.59 Å². The van der Waals surface area contributed by atoms with Crippen LogP contribution in [0.15, 0.2) is 12.2 Å². The third-order valence-corrected chi connectivity index (χ3v) is 2.10. The zero-order valence-electron chi connectivity index (χ0n) is 9.08. The summed E-state index contributed by atoms with van der Waals surface area (Å²) >= 11 is 0. The maximum absolute atomic E-state index is 11.5. The van der Waals surface area contributed by atoms with Crippen molar-refractivity contribution in [2.24, 2.45) is 5.41 Å². The summed E-state index contributed by atoms with van der Waals surface area (Å²) in [7, 11) is 0. The van der Waals surface area contributed by atoms with Crippen molar-refractivity contribution in [2.75, 3.05) is 6.61 Å². The Bertz CT molecular complexity index is 221. The number of aldehydes is 1. The number of carbonyl (C=O) groups is 2. The van der Waals surface area contributed by atoms with Gasteiger partial charge in [-0.3, -0.25) is 4.79 Å². The van der Waals surface area contributed by atoms with Crippen LogP contribution in [0.2, 0.25) is 0 Å². The number of carbonyl (C=O) groups excluding carboxylic acids is 2. The molecule has 0 fully saturated rings. The van der Waals surface area contributed by atoms with Crippen molar-refractivity contribution >= 4 is 12.3 Å². The molecule has 0 amide bonds. The zero-order valence-corrected chi connectivity index (χ0v) is 9.08. The second kappa shape index (κ2) is 6.35. The van der Waals surface area contributed by atoms with E-state index in [4.69, 9.17) is 4.74 Å². The largest absolute Gasteiger partial charge is 0.465 e. The van der Waals surface area contributed by atoms with Gasteiger partial charge in [0, 0.05) is 0 Å². The van der Waals surface area contributed by atoms with E-state index in [0.717, 1.165) is 6.42 Å². The molecule has 0 saturated heterocycles. The Morgan fingerprint density at radius 2 is 2.00 bits per heavy atom. The lowest BCUT2D eigenvalue weighted by Crippen LogP contribution is -2.32. The van der Waals surface area contributed by atoms with Gasteiger partial charge < -0.3 is 9.53 Å². The van der Waals surface area contributed by atoms with E-state index in [1.165, 1.54) is 0 Å². The predicted molar refractivity (Wildman–Crippen MR) is 54.9 cm³/mol. The molecule has 0 aliphatic carbocycles. The maximum Gasteiger partial charge on any atom is 0.323 e. The van der Waals surface area contributed by atoms with Crippen LogP contribution in [-0.2, 0) is 14.3 Å². The molecular formula is C11H18O3. The first-order valence-corrected chi connectivity index (χ1v) is 4.98. The third kappa shape index (κ3) is 2.98. The zero-order chi connectivity index (χ0) is 11.0. The van der Waals surface area contributed by atoms with Crippen LogP contribution in [-0.4, -0.2) is 18.9 Å². The van der Waals surface area contributed by atoms with Crippen molar-refractivity contribution in [1.82, 2.24) is 0 Å². The number of rotatable bonds is 6. The summed E-state index contributed by atoms with van der Waals surface area (Å²) in [5, 5.41) is 0. The molecule has 0 radical (unpaired) electrons. The molecule has 0 rings (SSSR count). The van der Waals surface area contributed by atoms with Crippen molar-refractivity contribution in [3.63, 3.8) is 0 Å². The van der Waals surface area contributed by atoms with Crippen LogP contribution in [0.4, 0.5) is 0 Å². The highest BCUT2D eigenvalue weighted by Crippen LogP contribution is 2.23. The van der Waals surface area contributed by atoms with Gasteiger partial charge in [-0.1, -0.05) is 26.0 Å². The van der Waals surface area contributed by atoms with E-state index >= 15 is 0 Å². The van der Waals surface area contributed by atoms with Gasteiger partial charge >= 0.3 is 5.97 Å². The van der Waals surface area contributed by atoms with Gasteiger partial charge in [-0.25, -0.2) is 0 Å². The fraction of sp³-hybridized carbons (Fsp3) is 0.636. The minimum absolute atomic E-state index is 0.300. The number of esters is 1. The van der Waals surface area contributed by atoms with Crippen LogP contribution in [0.3, 0.4) is 0 Å². The van der Waals surface area contributed by atoms with E-state index < -0.39 is 11.4 Å². The lowest BCUT2D eigenvalue weighted by molar-refractivity contribution is -0.154. The van der Waals surface area contributed by atoms with Crippen molar-refractivity contribution in [2.45, 2.75) is 33.6 Å². The van der Waals surface area contributed by atoms with Crippen LogP contribution in [0, 0.1) is 5.41 Å². The molecule has 0 heterocycles. The molecule has 1 atom stereocenters. The van der Waals surface area contributed by atoms with E-state index in [1.54, 1.807) is 19.9 Å². The van der Waals surface area contributed by atoms with Crippen molar-refractivity contribution in [3.8, 4) is 0 Å². The second-order valence-corrected chi connectivity index (χ2v) is 3.04. The Labute approximate surface area is 85.1 Å².